The molecule has 0 heterocycles. The minimum absolute atomic E-state index is 0.0297. The average molecular weight is 1480 g/mol. The molecule has 0 saturated carbocycles. The lowest BCUT2D eigenvalue weighted by Crippen LogP contribution is -2.30. The molecular formula is C83H146O17P2. The highest BCUT2D eigenvalue weighted by molar-refractivity contribution is 7.47. The van der Waals surface area contributed by atoms with E-state index in [-0.39, 0.29) is 25.7 Å². The van der Waals surface area contributed by atoms with Crippen molar-refractivity contribution < 1.29 is 80.2 Å². The van der Waals surface area contributed by atoms with Crippen LogP contribution < -0.4 is 0 Å². The van der Waals surface area contributed by atoms with Crippen molar-refractivity contribution in [2.75, 3.05) is 39.6 Å². The van der Waals surface area contributed by atoms with Crippen LogP contribution in [0.5, 0.6) is 0 Å². The third-order valence-electron chi connectivity index (χ3n) is 17.0. The standard InChI is InChI=1S/C83H146O17P2/c1-5-9-13-17-21-25-29-33-36-37-38-39-42-46-50-54-58-62-66-70-83(88)100-79(74-94-81(86)68-64-60-56-52-48-45-41-35-31-27-23-19-15-11-7-3)76-98-102(91,92)96-72-77(84)71-95-101(89,90)97-75-78(99-82(87)69-65-61-57-53-49-43-32-28-24-20-16-12-8-4)73-93-80(85)67-63-59-55-51-47-44-40-34-30-26-22-18-14-10-6-2/h21,25,28,32-36,38-41,46,50,58,62,77-79,84H,5-20,22-24,26-27,29-31,37,42-45,47-49,51-57,59-61,63-76H2,1-4H3,(H,89,90)(H,91,92)/b25-21-,32-28-,36-33-,39-38-,40-34-,41-35-,50-46-,62-58-/t77-,78+,79+/m0/s1. The van der Waals surface area contributed by atoms with Gasteiger partial charge in [0.25, 0.3) is 0 Å². The van der Waals surface area contributed by atoms with Crippen LogP contribution in [0.3, 0.4) is 0 Å². The molecule has 0 bridgehead atoms. The number of aliphatic hydroxyl groups is 1. The molecule has 0 rings (SSSR count). The molecule has 0 amide bonds. The fraction of sp³-hybridized carbons (Fsp3) is 0.759. The van der Waals surface area contributed by atoms with Crippen molar-refractivity contribution in [3.05, 3.63) is 97.2 Å². The number of carbonyl (C=O) groups excluding carboxylic acids is 4. The van der Waals surface area contributed by atoms with Crippen LogP contribution in [0.15, 0.2) is 97.2 Å². The van der Waals surface area contributed by atoms with Gasteiger partial charge in [-0.1, -0.05) is 279 Å². The van der Waals surface area contributed by atoms with E-state index in [0.29, 0.717) is 32.1 Å². The molecule has 590 valence electrons. The fourth-order valence-corrected chi connectivity index (χ4v) is 12.4. The third-order valence-corrected chi connectivity index (χ3v) is 18.9. The Kier molecular flexibility index (Phi) is 72.3. The summed E-state index contributed by atoms with van der Waals surface area (Å²) in [6.45, 7) is 4.75. The van der Waals surface area contributed by atoms with Gasteiger partial charge in [0.05, 0.1) is 26.4 Å². The molecule has 0 aromatic carbocycles. The molecule has 0 saturated heterocycles. The monoisotopic (exact) mass is 1480 g/mol. The van der Waals surface area contributed by atoms with Crippen molar-refractivity contribution in [1.82, 2.24) is 0 Å². The van der Waals surface area contributed by atoms with E-state index in [4.69, 9.17) is 37.0 Å². The zero-order valence-corrected chi connectivity index (χ0v) is 66.3. The van der Waals surface area contributed by atoms with Crippen LogP contribution in [0, 0.1) is 0 Å². The molecule has 102 heavy (non-hydrogen) atoms. The van der Waals surface area contributed by atoms with Crippen molar-refractivity contribution in [2.24, 2.45) is 0 Å². The van der Waals surface area contributed by atoms with Crippen molar-refractivity contribution >= 4 is 39.5 Å². The second-order valence-electron chi connectivity index (χ2n) is 27.0. The molecular weight excluding hydrogens is 1330 g/mol. The van der Waals surface area contributed by atoms with Gasteiger partial charge in [0, 0.05) is 25.7 Å². The molecule has 5 atom stereocenters. The van der Waals surface area contributed by atoms with E-state index >= 15 is 0 Å². The molecule has 0 aromatic heterocycles. The Morgan fingerprint density at radius 1 is 0.275 bits per heavy atom. The van der Waals surface area contributed by atoms with Crippen LogP contribution in [0.25, 0.3) is 0 Å². The summed E-state index contributed by atoms with van der Waals surface area (Å²) in [6.07, 6.45) is 79.7. The Balaban J connectivity index is 5.43. The summed E-state index contributed by atoms with van der Waals surface area (Å²) >= 11 is 0. The lowest BCUT2D eigenvalue weighted by Gasteiger charge is -2.21. The van der Waals surface area contributed by atoms with Crippen molar-refractivity contribution in [3.8, 4) is 0 Å². The van der Waals surface area contributed by atoms with Gasteiger partial charge in [-0.3, -0.25) is 37.3 Å². The number of phosphoric ester groups is 2. The number of rotatable bonds is 76. The van der Waals surface area contributed by atoms with Crippen LogP contribution in [0.4, 0.5) is 0 Å². The number of hydrogen-bond donors (Lipinski definition) is 3. The number of allylic oxidation sites excluding steroid dienone is 16. The molecule has 19 heteroatoms. The van der Waals surface area contributed by atoms with Gasteiger partial charge in [-0.2, -0.15) is 0 Å². The number of ether oxygens (including phenoxy) is 4. The quantitative estimate of drug-likeness (QED) is 0.0169. The average Bonchev–Trinajstić information content (AvgIpc) is 0.908. The highest BCUT2D eigenvalue weighted by Gasteiger charge is 2.30. The number of esters is 4. The zero-order valence-electron chi connectivity index (χ0n) is 64.5. The van der Waals surface area contributed by atoms with E-state index < -0.39 is 97.5 Å². The van der Waals surface area contributed by atoms with Gasteiger partial charge < -0.3 is 33.8 Å². The minimum atomic E-state index is -5.00. The summed E-state index contributed by atoms with van der Waals surface area (Å²) in [6, 6.07) is 0. The van der Waals surface area contributed by atoms with E-state index in [1.807, 2.05) is 18.2 Å². The maximum Gasteiger partial charge on any atom is 0.472 e. The van der Waals surface area contributed by atoms with Crippen LogP contribution in [-0.2, 0) is 65.4 Å². The van der Waals surface area contributed by atoms with Crippen LogP contribution in [0.2, 0.25) is 0 Å². The smallest absolute Gasteiger partial charge is 0.462 e. The Hall–Kier alpha value is -4.02. The van der Waals surface area contributed by atoms with E-state index in [1.54, 1.807) is 0 Å². The number of hydrogen-bond acceptors (Lipinski definition) is 15. The van der Waals surface area contributed by atoms with Crippen molar-refractivity contribution in [1.29, 1.82) is 0 Å². The molecule has 0 spiro atoms. The molecule has 2 unspecified atom stereocenters. The van der Waals surface area contributed by atoms with Gasteiger partial charge in [0.15, 0.2) is 12.2 Å². The lowest BCUT2D eigenvalue weighted by atomic mass is 10.1. The normalized spacial score (nSPS) is 14.4. The molecule has 0 aliphatic rings. The SMILES string of the molecule is CCCCC/C=C\C/C=C\C/C=C\C/C=C\C/C=C\CCC(=O)O[C@H](COC(=O)CCCCCCC/C=C\CCCCCCCC)COP(=O)(O)OC[C@@H](O)COP(=O)(O)OC[C@@H](COC(=O)CCCCCCC/C=C\CCCCCCCC)OC(=O)CCCCCCC/C=C\CCCCCC. The molecule has 0 aromatic rings. The topological polar surface area (TPSA) is 237 Å². The van der Waals surface area contributed by atoms with Crippen LogP contribution >= 0.6 is 15.6 Å². The number of unbranched alkanes of at least 4 members (excludes halogenated alkanes) is 34. The van der Waals surface area contributed by atoms with Crippen LogP contribution in [-0.4, -0.2) is 96.7 Å². The van der Waals surface area contributed by atoms with Crippen molar-refractivity contribution in [3.63, 3.8) is 0 Å². The highest BCUT2D eigenvalue weighted by atomic mass is 31.2. The summed E-state index contributed by atoms with van der Waals surface area (Å²) in [4.78, 5) is 73.0. The van der Waals surface area contributed by atoms with E-state index in [9.17, 15) is 43.2 Å². The Morgan fingerprint density at radius 3 is 0.833 bits per heavy atom. The van der Waals surface area contributed by atoms with E-state index in [0.717, 1.165) is 141 Å². The third kappa shape index (κ3) is 74.3. The molecule has 0 aliphatic heterocycles. The Morgan fingerprint density at radius 2 is 0.500 bits per heavy atom. The Labute approximate surface area is 620 Å². The summed E-state index contributed by atoms with van der Waals surface area (Å²) in [5.41, 5.74) is 0. The second-order valence-corrected chi connectivity index (χ2v) is 29.9. The lowest BCUT2D eigenvalue weighted by molar-refractivity contribution is -0.161. The largest absolute Gasteiger partial charge is 0.472 e. The van der Waals surface area contributed by atoms with Gasteiger partial charge in [-0.05, 0) is 141 Å². The Bertz CT molecular complexity index is 2310. The molecule has 0 aliphatic carbocycles. The van der Waals surface area contributed by atoms with Gasteiger partial charge in [-0.25, -0.2) is 9.13 Å². The molecule has 17 nitrogen and oxygen atoms in total. The summed E-state index contributed by atoms with van der Waals surface area (Å²) < 4.78 is 68.5. The highest BCUT2D eigenvalue weighted by Crippen LogP contribution is 2.45. The van der Waals surface area contributed by atoms with Crippen LogP contribution in [0.1, 0.15) is 349 Å². The number of carbonyl (C=O) groups is 4. The van der Waals surface area contributed by atoms with Gasteiger partial charge >= 0.3 is 39.5 Å². The predicted molar refractivity (Wildman–Crippen MR) is 418 cm³/mol. The molecule has 0 fully saturated rings. The minimum Gasteiger partial charge on any atom is -0.462 e. The predicted octanol–water partition coefficient (Wildman–Crippen LogP) is 23.6. The van der Waals surface area contributed by atoms with Gasteiger partial charge in [0.1, 0.15) is 19.3 Å². The first-order valence-corrected chi connectivity index (χ1v) is 43.5. The van der Waals surface area contributed by atoms with E-state index in [1.165, 1.54) is 122 Å². The number of aliphatic hydroxyl groups excluding tert-OH is 1. The first-order valence-electron chi connectivity index (χ1n) is 40.5. The molecule has 0 radical (unpaired) electrons. The van der Waals surface area contributed by atoms with Gasteiger partial charge in [0.2, 0.25) is 0 Å². The van der Waals surface area contributed by atoms with Gasteiger partial charge in [-0.15, -0.1) is 0 Å². The maximum atomic E-state index is 13.1. The first-order chi connectivity index (χ1) is 49.7. The second kappa shape index (κ2) is 75.2. The summed E-state index contributed by atoms with van der Waals surface area (Å²) in [5.74, 6) is -2.28. The zero-order chi connectivity index (χ0) is 74.6. The molecule has 3 N–H and O–H groups in total. The van der Waals surface area contributed by atoms with E-state index in [2.05, 4.69) is 107 Å². The first kappa shape index (κ1) is 98.0. The summed E-state index contributed by atoms with van der Waals surface area (Å²) in [5, 5.41) is 10.6. The summed E-state index contributed by atoms with van der Waals surface area (Å²) in [7, 11) is -9.98. The van der Waals surface area contributed by atoms with Crippen molar-refractivity contribution in [2.45, 2.75) is 367 Å². The number of phosphoric acid groups is 2. The fourth-order valence-electron chi connectivity index (χ4n) is 10.8. The maximum absolute atomic E-state index is 13.1.